The number of piperidine rings is 1. The van der Waals surface area contributed by atoms with Crippen molar-refractivity contribution in [2.45, 2.75) is 43.9 Å². The Kier molecular flexibility index (Phi) is 6.18. The zero-order valence-corrected chi connectivity index (χ0v) is 18.5. The van der Waals surface area contributed by atoms with Crippen molar-refractivity contribution in [1.29, 1.82) is 0 Å². The number of likely N-dealkylation sites (tertiary alicyclic amines) is 1. The minimum atomic E-state index is -0.631. The summed E-state index contributed by atoms with van der Waals surface area (Å²) in [6.45, 7) is 5.17. The van der Waals surface area contributed by atoms with E-state index < -0.39 is 4.75 Å². The highest BCUT2D eigenvalue weighted by Crippen LogP contribution is 2.41. The van der Waals surface area contributed by atoms with Crippen molar-refractivity contribution < 1.29 is 14.0 Å². The highest BCUT2D eigenvalue weighted by Gasteiger charge is 2.43. The summed E-state index contributed by atoms with van der Waals surface area (Å²) in [4.78, 5) is 34.3. The van der Waals surface area contributed by atoms with Crippen molar-refractivity contribution in [2.24, 2.45) is 10.9 Å². The Balaban J connectivity index is 1.31. The van der Waals surface area contributed by atoms with Gasteiger partial charge in [0.05, 0.1) is 6.04 Å². The molecule has 0 spiro atoms. The van der Waals surface area contributed by atoms with Crippen molar-refractivity contribution >= 4 is 28.7 Å². The second kappa shape index (κ2) is 8.86. The maximum absolute atomic E-state index is 14.0. The summed E-state index contributed by atoms with van der Waals surface area (Å²) in [6.07, 6.45) is 4.20. The topological polar surface area (TPSA) is 77.6 Å². The van der Waals surface area contributed by atoms with Crippen LogP contribution in [0.4, 0.5) is 4.39 Å². The van der Waals surface area contributed by atoms with Crippen LogP contribution in [0, 0.1) is 11.7 Å². The van der Waals surface area contributed by atoms with Crippen LogP contribution < -0.4 is 5.32 Å². The highest BCUT2D eigenvalue weighted by molar-refractivity contribution is 8.16. The lowest BCUT2D eigenvalue weighted by molar-refractivity contribution is -0.119. The van der Waals surface area contributed by atoms with Crippen molar-refractivity contribution in [2.75, 3.05) is 13.1 Å². The molecule has 6 nitrogen and oxygen atoms in total. The van der Waals surface area contributed by atoms with Gasteiger partial charge in [0, 0.05) is 24.8 Å². The normalized spacial score (nSPS) is 23.0. The number of thioether (sulfide) groups is 1. The molecule has 1 unspecified atom stereocenters. The number of H-pyrrole nitrogens is 1. The maximum Gasteiger partial charge on any atom is 0.270 e. The van der Waals surface area contributed by atoms with Gasteiger partial charge >= 0.3 is 0 Å². The Hall–Kier alpha value is -2.61. The molecule has 2 atom stereocenters. The van der Waals surface area contributed by atoms with Gasteiger partial charge in [0.1, 0.15) is 16.3 Å². The molecule has 31 heavy (non-hydrogen) atoms. The number of aromatic amines is 1. The Labute approximate surface area is 185 Å². The van der Waals surface area contributed by atoms with Gasteiger partial charge in [-0.15, -0.1) is 0 Å². The zero-order chi connectivity index (χ0) is 22.0. The molecule has 2 aromatic rings. The molecular weight excluding hydrogens is 415 g/mol. The molecule has 0 radical (unpaired) electrons. The fraction of sp³-hybridized carbons (Fsp3) is 0.435. The van der Waals surface area contributed by atoms with E-state index >= 15 is 0 Å². The number of amidine groups is 1. The monoisotopic (exact) mass is 442 g/mol. The van der Waals surface area contributed by atoms with Crippen LogP contribution in [-0.2, 0) is 4.79 Å². The molecule has 8 heteroatoms. The fourth-order valence-electron chi connectivity index (χ4n) is 4.30. The van der Waals surface area contributed by atoms with Crippen LogP contribution >= 0.6 is 11.8 Å². The van der Waals surface area contributed by atoms with E-state index in [4.69, 9.17) is 0 Å². The quantitative estimate of drug-likeness (QED) is 0.730. The molecule has 164 valence electrons. The van der Waals surface area contributed by atoms with Crippen LogP contribution in [0.1, 0.15) is 55.2 Å². The van der Waals surface area contributed by atoms with Crippen molar-refractivity contribution in [3.05, 3.63) is 59.7 Å². The second-order valence-corrected chi connectivity index (χ2v) is 9.96. The lowest BCUT2D eigenvalue weighted by atomic mass is 9.87. The van der Waals surface area contributed by atoms with Gasteiger partial charge in [0.2, 0.25) is 0 Å². The van der Waals surface area contributed by atoms with E-state index in [2.05, 4.69) is 15.3 Å². The molecule has 0 saturated carbocycles. The molecule has 1 aromatic carbocycles. The molecule has 1 aromatic heterocycles. The van der Waals surface area contributed by atoms with Gasteiger partial charge in [0.25, 0.3) is 11.8 Å². The number of carbonyl (C=O) groups excluding carboxylic acids is 2. The Morgan fingerprint density at radius 2 is 2.06 bits per heavy atom. The molecule has 0 bridgehead atoms. The third kappa shape index (κ3) is 4.69. The first-order chi connectivity index (χ1) is 14.9. The number of carbonyl (C=O) groups is 2. The van der Waals surface area contributed by atoms with Gasteiger partial charge in [0.15, 0.2) is 5.17 Å². The third-order valence-corrected chi connectivity index (χ3v) is 7.29. The largest absolute Gasteiger partial charge is 0.358 e. The van der Waals surface area contributed by atoms with Gasteiger partial charge in [-0.25, -0.2) is 4.39 Å². The molecule has 2 aliphatic heterocycles. The van der Waals surface area contributed by atoms with Gasteiger partial charge in [-0.3, -0.25) is 9.59 Å². The summed E-state index contributed by atoms with van der Waals surface area (Å²) in [6, 6.07) is 9.94. The molecule has 1 saturated heterocycles. The Morgan fingerprint density at radius 1 is 1.32 bits per heavy atom. The van der Waals surface area contributed by atoms with Crippen molar-refractivity contribution in [3.8, 4) is 0 Å². The van der Waals surface area contributed by atoms with E-state index in [-0.39, 0.29) is 23.7 Å². The van der Waals surface area contributed by atoms with Crippen LogP contribution in [0.5, 0.6) is 0 Å². The summed E-state index contributed by atoms with van der Waals surface area (Å²) in [5.41, 5.74) is 1.16. The van der Waals surface area contributed by atoms with Crippen LogP contribution in [0.25, 0.3) is 0 Å². The number of nitrogens with one attached hydrogen (secondary N) is 2. The number of nitrogens with zero attached hydrogens (tertiary/aromatic N) is 2. The molecular formula is C23H27FN4O2S. The predicted molar refractivity (Wildman–Crippen MR) is 120 cm³/mol. The zero-order valence-electron chi connectivity index (χ0n) is 17.7. The summed E-state index contributed by atoms with van der Waals surface area (Å²) < 4.78 is 13.4. The highest BCUT2D eigenvalue weighted by atomic mass is 32.2. The van der Waals surface area contributed by atoms with Crippen LogP contribution in [0.2, 0.25) is 0 Å². The molecule has 2 N–H and O–H groups in total. The number of hydrogen-bond acceptors (Lipinski definition) is 4. The van der Waals surface area contributed by atoms with Gasteiger partial charge in [-0.2, -0.15) is 4.99 Å². The molecule has 2 aliphatic rings. The van der Waals surface area contributed by atoms with E-state index in [1.165, 1.54) is 17.8 Å². The molecule has 4 rings (SSSR count). The predicted octanol–water partition coefficient (Wildman–Crippen LogP) is 4.14. The summed E-state index contributed by atoms with van der Waals surface area (Å²) in [5.74, 6) is -0.0444. The van der Waals surface area contributed by atoms with Crippen LogP contribution in [0.15, 0.2) is 47.6 Å². The number of rotatable bonds is 5. The standard InChI is InChI=1S/C23H27FN4O2S/c1-15(17-6-3-4-7-18(17)24)26-22-27-21(30)23(2,31-22)14-16-9-12-28(13-10-16)20(29)19-8-5-11-25-19/h3-8,11,15-16,25H,9-10,12-14H2,1-2H3,(H,26,27,30)/t15-,23?/m0/s1. The molecule has 0 aliphatic carbocycles. The average Bonchev–Trinajstić information content (AvgIpc) is 3.37. The van der Waals surface area contributed by atoms with Gasteiger partial charge in [-0.1, -0.05) is 30.0 Å². The molecule has 3 heterocycles. The average molecular weight is 443 g/mol. The smallest absolute Gasteiger partial charge is 0.270 e. The maximum atomic E-state index is 14.0. The fourth-order valence-corrected chi connectivity index (χ4v) is 5.54. The van der Waals surface area contributed by atoms with E-state index in [0.29, 0.717) is 41.9 Å². The minimum absolute atomic E-state index is 0.0259. The van der Waals surface area contributed by atoms with Crippen LogP contribution in [-0.4, -0.2) is 44.7 Å². The third-order valence-electron chi connectivity index (χ3n) is 6.10. The Morgan fingerprint density at radius 3 is 2.74 bits per heavy atom. The van der Waals surface area contributed by atoms with Crippen LogP contribution in [0.3, 0.4) is 0 Å². The van der Waals surface area contributed by atoms with E-state index in [9.17, 15) is 14.0 Å². The molecule has 2 amide bonds. The van der Waals surface area contributed by atoms with E-state index in [0.717, 1.165) is 12.8 Å². The number of benzene rings is 1. The summed E-state index contributed by atoms with van der Waals surface area (Å²) in [7, 11) is 0. The van der Waals surface area contributed by atoms with E-state index in [1.54, 1.807) is 30.5 Å². The van der Waals surface area contributed by atoms with E-state index in [1.807, 2.05) is 24.8 Å². The minimum Gasteiger partial charge on any atom is -0.358 e. The first kappa shape index (κ1) is 21.6. The van der Waals surface area contributed by atoms with Gasteiger partial charge < -0.3 is 15.2 Å². The SMILES string of the molecule is C[C@H](NC1=NC(=O)C(C)(CC2CCN(C(=O)c3ccc[nH]3)CC2)S1)c1ccccc1F. The first-order valence-electron chi connectivity index (χ1n) is 10.6. The number of amides is 2. The van der Waals surface area contributed by atoms with Crippen molar-refractivity contribution in [1.82, 2.24) is 15.2 Å². The van der Waals surface area contributed by atoms with Gasteiger partial charge in [-0.05, 0) is 57.2 Å². The summed E-state index contributed by atoms with van der Waals surface area (Å²) >= 11 is 1.43. The second-order valence-electron chi connectivity index (χ2n) is 8.47. The Bertz CT molecular complexity index is 985. The molecule has 1 fully saturated rings. The number of aliphatic imine (C=N–C) groups is 1. The first-order valence-corrected chi connectivity index (χ1v) is 11.4. The number of hydrogen-bond donors (Lipinski definition) is 2. The number of aromatic nitrogens is 1. The lowest BCUT2D eigenvalue weighted by Gasteiger charge is -2.34. The van der Waals surface area contributed by atoms with Crippen molar-refractivity contribution in [3.63, 3.8) is 0 Å². The number of halogens is 1. The lowest BCUT2D eigenvalue weighted by Crippen LogP contribution is -2.41. The summed E-state index contributed by atoms with van der Waals surface area (Å²) in [5, 5.41) is 3.74.